The smallest absolute Gasteiger partial charge is 0.326 e. The van der Waals surface area contributed by atoms with Crippen molar-refractivity contribution in [3.63, 3.8) is 0 Å². The van der Waals surface area contributed by atoms with Crippen molar-refractivity contribution >= 4 is 11.9 Å². The Hall–Kier alpha value is -1.14. The van der Waals surface area contributed by atoms with E-state index in [-0.39, 0.29) is 18.9 Å². The van der Waals surface area contributed by atoms with Crippen molar-refractivity contribution in [1.29, 1.82) is 0 Å². The zero-order valence-corrected chi connectivity index (χ0v) is 8.83. The van der Waals surface area contributed by atoms with Gasteiger partial charge in [0.2, 0.25) is 0 Å². The lowest BCUT2D eigenvalue weighted by molar-refractivity contribution is -0.152. The average molecular weight is 229 g/mol. The van der Waals surface area contributed by atoms with Crippen molar-refractivity contribution in [2.75, 3.05) is 13.2 Å². The molecule has 1 unspecified atom stereocenters. The summed E-state index contributed by atoms with van der Waals surface area (Å²) >= 11 is 0. The molecule has 2 aliphatic rings. The summed E-state index contributed by atoms with van der Waals surface area (Å²) < 4.78 is 5.22. The number of hydrogen-bond acceptors (Lipinski definition) is 4. The Morgan fingerprint density at radius 1 is 1.38 bits per heavy atom. The van der Waals surface area contributed by atoms with Crippen LogP contribution in [0.1, 0.15) is 19.3 Å². The summed E-state index contributed by atoms with van der Waals surface area (Å²) in [6, 6.07) is -0.910. The van der Waals surface area contributed by atoms with Gasteiger partial charge in [-0.3, -0.25) is 4.79 Å². The first-order chi connectivity index (χ1) is 7.59. The normalized spacial score (nSPS) is 34.3. The predicted octanol–water partition coefficient (Wildman–Crippen LogP) is -0.788. The molecule has 2 rings (SSSR count). The zero-order valence-electron chi connectivity index (χ0n) is 8.83. The summed E-state index contributed by atoms with van der Waals surface area (Å²) in [7, 11) is 0. The van der Waals surface area contributed by atoms with E-state index in [4.69, 9.17) is 9.84 Å². The lowest BCUT2D eigenvalue weighted by atomic mass is 10.2. The van der Waals surface area contributed by atoms with Crippen LogP contribution in [0, 0.1) is 0 Å². The number of nitrogens with zero attached hydrogens (tertiary/aromatic N) is 1. The molecule has 0 aromatic rings. The van der Waals surface area contributed by atoms with Crippen LogP contribution >= 0.6 is 0 Å². The lowest BCUT2D eigenvalue weighted by Crippen LogP contribution is -2.45. The summed E-state index contributed by atoms with van der Waals surface area (Å²) in [5.74, 6) is -1.37. The lowest BCUT2D eigenvalue weighted by Gasteiger charge is -2.23. The summed E-state index contributed by atoms with van der Waals surface area (Å²) in [5.41, 5.74) is 0. The monoisotopic (exact) mass is 229 g/mol. The van der Waals surface area contributed by atoms with Crippen LogP contribution in [0.5, 0.6) is 0 Å². The molecular formula is C10H15NO5. The minimum absolute atomic E-state index is 0.0929. The maximum Gasteiger partial charge on any atom is 0.326 e. The minimum atomic E-state index is -1.07. The van der Waals surface area contributed by atoms with Crippen LogP contribution in [0.15, 0.2) is 0 Å². The number of hydrogen-bond donors (Lipinski definition) is 2. The van der Waals surface area contributed by atoms with Crippen LogP contribution in [0.2, 0.25) is 0 Å². The topological polar surface area (TPSA) is 87.1 Å². The Labute approximate surface area is 92.8 Å². The second-order valence-corrected chi connectivity index (χ2v) is 4.24. The summed E-state index contributed by atoms with van der Waals surface area (Å²) in [5, 5.41) is 18.4. The van der Waals surface area contributed by atoms with Crippen molar-refractivity contribution in [3.8, 4) is 0 Å². The number of amides is 1. The fourth-order valence-electron chi connectivity index (χ4n) is 2.25. The molecule has 16 heavy (non-hydrogen) atoms. The van der Waals surface area contributed by atoms with Crippen LogP contribution < -0.4 is 0 Å². The number of rotatable bonds is 2. The summed E-state index contributed by atoms with van der Waals surface area (Å²) in [6.07, 6.45) is 0.300. The highest BCUT2D eigenvalue weighted by Crippen LogP contribution is 2.23. The van der Waals surface area contributed by atoms with Crippen molar-refractivity contribution < 1.29 is 24.5 Å². The molecule has 2 aliphatic heterocycles. The SMILES string of the molecule is O=C(O)[C@@H]1CC(O)CN1C(=O)[C@H]1CCCO1. The van der Waals surface area contributed by atoms with Gasteiger partial charge in [0.1, 0.15) is 12.1 Å². The van der Waals surface area contributed by atoms with E-state index < -0.39 is 24.2 Å². The van der Waals surface area contributed by atoms with Gasteiger partial charge in [-0.25, -0.2) is 4.79 Å². The van der Waals surface area contributed by atoms with Gasteiger partial charge in [-0.2, -0.15) is 0 Å². The number of aliphatic carboxylic acids is 1. The van der Waals surface area contributed by atoms with E-state index in [9.17, 15) is 14.7 Å². The molecule has 0 aromatic heterocycles. The first-order valence-corrected chi connectivity index (χ1v) is 5.42. The van der Waals surface area contributed by atoms with E-state index in [0.717, 1.165) is 6.42 Å². The van der Waals surface area contributed by atoms with Crippen LogP contribution in [-0.2, 0) is 14.3 Å². The van der Waals surface area contributed by atoms with Crippen LogP contribution in [-0.4, -0.2) is 58.4 Å². The van der Waals surface area contributed by atoms with Crippen molar-refractivity contribution in [3.05, 3.63) is 0 Å². The number of carbonyl (C=O) groups excluding carboxylic acids is 1. The molecule has 6 heteroatoms. The van der Waals surface area contributed by atoms with Gasteiger partial charge in [-0.15, -0.1) is 0 Å². The van der Waals surface area contributed by atoms with Crippen molar-refractivity contribution in [1.82, 2.24) is 4.90 Å². The van der Waals surface area contributed by atoms with E-state index in [1.54, 1.807) is 0 Å². The highest BCUT2D eigenvalue weighted by Gasteiger charge is 2.41. The fraction of sp³-hybridized carbons (Fsp3) is 0.800. The number of carboxylic acid groups (broad SMARTS) is 1. The maximum atomic E-state index is 11.9. The van der Waals surface area contributed by atoms with Gasteiger partial charge >= 0.3 is 5.97 Å². The second kappa shape index (κ2) is 4.39. The molecule has 2 N–H and O–H groups in total. The molecule has 0 aromatic carbocycles. The largest absolute Gasteiger partial charge is 0.480 e. The number of carboxylic acids is 1. The first kappa shape index (κ1) is 11.3. The van der Waals surface area contributed by atoms with Crippen molar-refractivity contribution in [2.24, 2.45) is 0 Å². The molecule has 0 radical (unpaired) electrons. The molecule has 0 saturated carbocycles. The van der Waals surface area contributed by atoms with E-state index in [2.05, 4.69) is 0 Å². The molecule has 0 bridgehead atoms. The third kappa shape index (κ3) is 2.03. The molecule has 0 aliphatic carbocycles. The number of likely N-dealkylation sites (tertiary alicyclic amines) is 1. The quantitative estimate of drug-likeness (QED) is 0.648. The van der Waals surface area contributed by atoms with Crippen LogP contribution in [0.4, 0.5) is 0 Å². The standard InChI is InChI=1S/C10H15NO5/c12-6-4-7(10(14)15)11(5-6)9(13)8-2-1-3-16-8/h6-8,12H,1-5H2,(H,14,15)/t6?,7-,8+/m0/s1. The third-order valence-corrected chi connectivity index (χ3v) is 3.05. The minimum Gasteiger partial charge on any atom is -0.480 e. The summed E-state index contributed by atoms with van der Waals surface area (Å²) in [6.45, 7) is 0.639. The van der Waals surface area contributed by atoms with Gasteiger partial charge in [0.15, 0.2) is 0 Å². The Bertz CT molecular complexity index is 300. The predicted molar refractivity (Wildman–Crippen MR) is 52.7 cm³/mol. The molecule has 2 heterocycles. The Kier molecular flexibility index (Phi) is 3.11. The third-order valence-electron chi connectivity index (χ3n) is 3.05. The fourth-order valence-corrected chi connectivity index (χ4v) is 2.25. The van der Waals surface area contributed by atoms with Gasteiger partial charge in [0, 0.05) is 19.6 Å². The Morgan fingerprint density at radius 2 is 2.12 bits per heavy atom. The van der Waals surface area contributed by atoms with Crippen molar-refractivity contribution in [2.45, 2.75) is 37.5 Å². The summed E-state index contributed by atoms with van der Waals surface area (Å²) in [4.78, 5) is 24.1. The molecule has 6 nitrogen and oxygen atoms in total. The van der Waals surface area contributed by atoms with Gasteiger partial charge < -0.3 is 19.8 Å². The first-order valence-electron chi connectivity index (χ1n) is 5.42. The number of carbonyl (C=O) groups is 2. The molecule has 2 fully saturated rings. The molecule has 2 saturated heterocycles. The van der Waals surface area contributed by atoms with Crippen LogP contribution in [0.25, 0.3) is 0 Å². The van der Waals surface area contributed by atoms with Gasteiger partial charge in [-0.1, -0.05) is 0 Å². The van der Waals surface area contributed by atoms with Gasteiger partial charge in [-0.05, 0) is 12.8 Å². The Balaban J connectivity index is 2.06. The van der Waals surface area contributed by atoms with Crippen LogP contribution in [0.3, 0.4) is 0 Å². The molecule has 3 atom stereocenters. The number of β-amino-alcohol motifs (C(OH)–C–C–N with tert-alkyl or cyclic N) is 1. The molecule has 1 amide bonds. The van der Waals surface area contributed by atoms with E-state index in [0.29, 0.717) is 13.0 Å². The number of aliphatic hydroxyl groups excluding tert-OH is 1. The average Bonchev–Trinajstić information content (AvgIpc) is 2.84. The number of ether oxygens (including phenoxy) is 1. The highest BCUT2D eigenvalue weighted by molar-refractivity contribution is 5.87. The molecule has 90 valence electrons. The highest BCUT2D eigenvalue weighted by atomic mass is 16.5. The number of aliphatic hydroxyl groups is 1. The molecular weight excluding hydrogens is 214 g/mol. The van der Waals surface area contributed by atoms with E-state index in [1.165, 1.54) is 4.90 Å². The Morgan fingerprint density at radius 3 is 2.69 bits per heavy atom. The maximum absolute atomic E-state index is 11.9. The zero-order chi connectivity index (χ0) is 11.7. The van der Waals surface area contributed by atoms with E-state index in [1.807, 2.05) is 0 Å². The second-order valence-electron chi connectivity index (χ2n) is 4.24. The van der Waals surface area contributed by atoms with Gasteiger partial charge in [0.25, 0.3) is 5.91 Å². The van der Waals surface area contributed by atoms with E-state index >= 15 is 0 Å². The van der Waals surface area contributed by atoms with Gasteiger partial charge in [0.05, 0.1) is 6.10 Å². The molecule has 0 spiro atoms.